The summed E-state index contributed by atoms with van der Waals surface area (Å²) in [5.74, 6) is -0.561. The molecule has 0 atom stereocenters. The Labute approximate surface area is 93.6 Å². The molecule has 0 aliphatic heterocycles. The zero-order chi connectivity index (χ0) is 10.3. The highest BCUT2D eigenvalue weighted by Crippen LogP contribution is 2.27. The minimum atomic E-state index is -0.561. The fraction of sp³-hybridized carbons (Fsp3) is 0. The molecule has 2 nitrogen and oxygen atoms in total. The number of fused-ring (bicyclic) bond motifs is 1. The predicted molar refractivity (Wildman–Crippen MR) is 54.5 cm³/mol. The Morgan fingerprint density at radius 1 is 1.07 bits per heavy atom. The second-order valence-electron chi connectivity index (χ2n) is 2.57. The van der Waals surface area contributed by atoms with Crippen LogP contribution in [0.25, 0.3) is 10.9 Å². The molecule has 0 amide bonds. The van der Waals surface area contributed by atoms with E-state index in [0.29, 0.717) is 5.52 Å². The van der Waals surface area contributed by atoms with Gasteiger partial charge in [0.1, 0.15) is 11.0 Å². The van der Waals surface area contributed by atoms with Crippen molar-refractivity contribution in [2.45, 2.75) is 0 Å². The fourth-order valence-electron chi connectivity index (χ4n) is 1.11. The largest absolute Gasteiger partial charge is 0.224 e. The van der Waals surface area contributed by atoms with E-state index in [4.69, 9.17) is 34.8 Å². The van der Waals surface area contributed by atoms with Gasteiger partial charge in [0.2, 0.25) is 5.28 Å². The number of benzene rings is 1. The molecule has 0 saturated heterocycles. The summed E-state index contributed by atoms with van der Waals surface area (Å²) in [6.07, 6.45) is 0. The summed E-state index contributed by atoms with van der Waals surface area (Å²) in [6, 6.07) is 2.62. The third-order valence-electron chi connectivity index (χ3n) is 1.64. The first-order valence-electron chi connectivity index (χ1n) is 3.56. The molecule has 0 bridgehead atoms. The second kappa shape index (κ2) is 3.50. The molecule has 1 aromatic heterocycles. The van der Waals surface area contributed by atoms with E-state index < -0.39 is 5.82 Å². The molecule has 72 valence electrons. The molecule has 2 rings (SSSR count). The van der Waals surface area contributed by atoms with Crippen LogP contribution in [0, 0.1) is 5.82 Å². The maximum Gasteiger partial charge on any atom is 0.224 e. The van der Waals surface area contributed by atoms with Crippen molar-refractivity contribution in [1.82, 2.24) is 9.97 Å². The number of aromatic nitrogens is 2. The molecule has 0 aliphatic carbocycles. The highest BCUT2D eigenvalue weighted by Gasteiger charge is 2.10. The minimum Gasteiger partial charge on any atom is -0.218 e. The van der Waals surface area contributed by atoms with Crippen LogP contribution in [0.5, 0.6) is 0 Å². The minimum absolute atomic E-state index is 0.0193. The zero-order valence-corrected chi connectivity index (χ0v) is 8.83. The summed E-state index contributed by atoms with van der Waals surface area (Å²) in [6.45, 7) is 0. The van der Waals surface area contributed by atoms with E-state index in [1.807, 2.05) is 0 Å². The molecule has 1 aromatic carbocycles. The molecule has 1 heterocycles. The smallest absolute Gasteiger partial charge is 0.218 e. The molecule has 0 saturated carbocycles. The van der Waals surface area contributed by atoms with Crippen molar-refractivity contribution >= 4 is 45.7 Å². The Bertz CT molecular complexity index is 473. The van der Waals surface area contributed by atoms with Crippen LogP contribution in [0.15, 0.2) is 12.1 Å². The predicted octanol–water partition coefficient (Wildman–Crippen LogP) is 3.73. The van der Waals surface area contributed by atoms with Crippen LogP contribution < -0.4 is 0 Å². The number of halogens is 4. The lowest BCUT2D eigenvalue weighted by molar-refractivity contribution is 0.639. The second-order valence-corrected chi connectivity index (χ2v) is 3.70. The topological polar surface area (TPSA) is 25.8 Å². The molecule has 6 heteroatoms. The lowest BCUT2D eigenvalue weighted by Crippen LogP contribution is -1.89. The van der Waals surface area contributed by atoms with Crippen molar-refractivity contribution in [3.8, 4) is 0 Å². The normalized spacial score (nSPS) is 10.9. The molecule has 0 unspecified atom stereocenters. The quantitative estimate of drug-likeness (QED) is 0.527. The Morgan fingerprint density at radius 2 is 1.79 bits per heavy atom. The van der Waals surface area contributed by atoms with E-state index in [1.165, 1.54) is 6.07 Å². The molecular weight excluding hydrogens is 249 g/mol. The van der Waals surface area contributed by atoms with Gasteiger partial charge in [-0.15, -0.1) is 0 Å². The maximum absolute atomic E-state index is 13.3. The van der Waals surface area contributed by atoms with Gasteiger partial charge in [0, 0.05) is 5.02 Å². The average molecular weight is 251 g/mol. The van der Waals surface area contributed by atoms with E-state index in [1.54, 1.807) is 0 Å². The number of hydrogen-bond donors (Lipinski definition) is 0. The third kappa shape index (κ3) is 1.63. The van der Waals surface area contributed by atoms with Crippen LogP contribution in [0.2, 0.25) is 15.5 Å². The Kier molecular flexibility index (Phi) is 2.47. The zero-order valence-electron chi connectivity index (χ0n) is 6.56. The van der Waals surface area contributed by atoms with Gasteiger partial charge in [0.25, 0.3) is 0 Å². The summed E-state index contributed by atoms with van der Waals surface area (Å²) in [7, 11) is 0. The Hall–Kier alpha value is -0.640. The van der Waals surface area contributed by atoms with Crippen molar-refractivity contribution in [2.75, 3.05) is 0 Å². The summed E-state index contributed by atoms with van der Waals surface area (Å²) in [4.78, 5) is 7.43. The molecule has 0 fully saturated rings. The first kappa shape index (κ1) is 9.90. The van der Waals surface area contributed by atoms with Crippen LogP contribution >= 0.6 is 34.8 Å². The van der Waals surface area contributed by atoms with E-state index in [0.717, 1.165) is 6.07 Å². The van der Waals surface area contributed by atoms with E-state index in [2.05, 4.69) is 9.97 Å². The van der Waals surface area contributed by atoms with Crippen LogP contribution in [0.4, 0.5) is 4.39 Å². The molecule has 0 N–H and O–H groups in total. The molecule has 14 heavy (non-hydrogen) atoms. The molecule has 2 aromatic rings. The van der Waals surface area contributed by atoms with Gasteiger partial charge >= 0.3 is 0 Å². The summed E-state index contributed by atoms with van der Waals surface area (Å²) in [5.41, 5.74) is 0.292. The van der Waals surface area contributed by atoms with Gasteiger partial charge in [-0.1, -0.05) is 23.2 Å². The maximum atomic E-state index is 13.3. The van der Waals surface area contributed by atoms with Crippen molar-refractivity contribution < 1.29 is 4.39 Å². The van der Waals surface area contributed by atoms with Crippen molar-refractivity contribution in [3.63, 3.8) is 0 Å². The van der Waals surface area contributed by atoms with Gasteiger partial charge in [-0.2, -0.15) is 0 Å². The lowest BCUT2D eigenvalue weighted by atomic mass is 10.2. The summed E-state index contributed by atoms with van der Waals surface area (Å²) < 4.78 is 13.3. The highest BCUT2D eigenvalue weighted by atomic mass is 35.5. The van der Waals surface area contributed by atoms with Gasteiger partial charge in [0.05, 0.1) is 10.9 Å². The SMILES string of the molecule is Fc1cc(Cl)cc2nc(Cl)nc(Cl)c12. The standard InChI is InChI=1S/C8H2Cl3FN2/c9-3-1-4(12)6-5(2-3)13-8(11)14-7(6)10/h1-2H. The fourth-order valence-corrected chi connectivity index (χ4v) is 1.80. The molecule has 0 radical (unpaired) electrons. The Morgan fingerprint density at radius 3 is 2.50 bits per heavy atom. The van der Waals surface area contributed by atoms with E-state index >= 15 is 0 Å². The van der Waals surface area contributed by atoms with Gasteiger partial charge in [-0.05, 0) is 23.7 Å². The van der Waals surface area contributed by atoms with Crippen molar-refractivity contribution in [1.29, 1.82) is 0 Å². The summed E-state index contributed by atoms with van der Waals surface area (Å²) >= 11 is 16.9. The molecular formula is C8H2Cl3FN2. The lowest BCUT2D eigenvalue weighted by Gasteiger charge is -2.01. The van der Waals surface area contributed by atoms with E-state index in [9.17, 15) is 4.39 Å². The third-order valence-corrected chi connectivity index (χ3v) is 2.30. The molecule has 0 aliphatic rings. The number of hydrogen-bond acceptors (Lipinski definition) is 2. The van der Waals surface area contributed by atoms with Crippen molar-refractivity contribution in [2.24, 2.45) is 0 Å². The van der Waals surface area contributed by atoms with Gasteiger partial charge in [0.15, 0.2) is 0 Å². The monoisotopic (exact) mass is 250 g/mol. The summed E-state index contributed by atoms with van der Waals surface area (Å²) in [5, 5.41) is 0.305. The van der Waals surface area contributed by atoms with Gasteiger partial charge in [-0.25, -0.2) is 14.4 Å². The van der Waals surface area contributed by atoms with Gasteiger partial charge in [-0.3, -0.25) is 0 Å². The first-order valence-corrected chi connectivity index (χ1v) is 4.69. The highest BCUT2D eigenvalue weighted by molar-refractivity contribution is 6.36. The first-order chi connectivity index (χ1) is 6.58. The average Bonchev–Trinajstić information content (AvgIpc) is 1.99. The Balaban J connectivity index is 2.94. The van der Waals surface area contributed by atoms with Crippen LogP contribution in [-0.2, 0) is 0 Å². The number of rotatable bonds is 0. The molecule has 0 spiro atoms. The van der Waals surface area contributed by atoms with Crippen LogP contribution in [0.3, 0.4) is 0 Å². The van der Waals surface area contributed by atoms with Gasteiger partial charge < -0.3 is 0 Å². The van der Waals surface area contributed by atoms with Crippen LogP contribution in [-0.4, -0.2) is 9.97 Å². The van der Waals surface area contributed by atoms with E-state index in [-0.39, 0.29) is 20.8 Å². The van der Waals surface area contributed by atoms with Crippen LogP contribution in [0.1, 0.15) is 0 Å². The number of nitrogens with zero attached hydrogens (tertiary/aromatic N) is 2. The van der Waals surface area contributed by atoms with Crippen molar-refractivity contribution in [3.05, 3.63) is 33.4 Å².